The molecule has 0 amide bonds. The number of imidazole rings is 1. The van der Waals surface area contributed by atoms with E-state index in [0.717, 1.165) is 56.1 Å². The van der Waals surface area contributed by atoms with E-state index in [0.29, 0.717) is 0 Å². The second-order valence-corrected chi connectivity index (χ2v) is 22.9. The Balaban J connectivity index is 0.935. The molecule has 0 radical (unpaired) electrons. The molecule has 0 fully saturated rings. The summed E-state index contributed by atoms with van der Waals surface area (Å²) in [6.07, 6.45) is 0. The van der Waals surface area contributed by atoms with Gasteiger partial charge in [0.05, 0.1) is 49.8 Å². The summed E-state index contributed by atoms with van der Waals surface area (Å²) in [4.78, 5) is 5.54. The Hall–Kier alpha value is -9.49. The third kappa shape index (κ3) is 6.11. The van der Waals surface area contributed by atoms with Crippen LogP contribution in [0.25, 0.3) is 99.5 Å². The maximum absolute atomic E-state index is 5.54. The molecule has 0 aliphatic heterocycles. The molecule has 4 heterocycles. The maximum atomic E-state index is 5.54. The molecule has 0 atom stereocenters. The van der Waals surface area contributed by atoms with Crippen molar-refractivity contribution in [3.05, 3.63) is 273 Å². The quantitative estimate of drug-likeness (QED) is 0.110. The minimum absolute atomic E-state index is 0.841. The van der Waals surface area contributed by atoms with Gasteiger partial charge in [-0.2, -0.15) is 0 Å². The first-order valence-electron chi connectivity index (χ1n) is 25.0. The van der Waals surface area contributed by atoms with Gasteiger partial charge in [0.2, 0.25) is 5.95 Å². The summed E-state index contributed by atoms with van der Waals surface area (Å²) in [5.41, 5.74) is 12.1. The second kappa shape index (κ2) is 16.3. The van der Waals surface area contributed by atoms with E-state index in [1.54, 1.807) is 0 Å². The highest BCUT2D eigenvalue weighted by Gasteiger charge is 2.41. The zero-order chi connectivity index (χ0) is 48.0. The average molecular weight is 948 g/mol. The van der Waals surface area contributed by atoms with E-state index < -0.39 is 8.07 Å². The zero-order valence-electron chi connectivity index (χ0n) is 39.7. The lowest BCUT2D eigenvalue weighted by Gasteiger charge is -2.34. The standard InChI is InChI=1S/C67H45N5Si/c1-4-23-49(24-5-1)73(50-25-6-2-7-26-50,51-27-8-3-9-28-51)52-40-42-65-58(45-52)56-32-13-18-37-63(56)72(65)67-68-59-33-14-19-38-66(59)71(67)47-22-20-21-46(43-47)69-62-36-17-12-31-55(62)57-44-48(39-41-64(57)69)70-60-34-15-10-29-53(60)54-30-11-16-35-61(54)70/h1-45H. The topological polar surface area (TPSA) is 32.6 Å². The molecule has 6 heteroatoms. The molecular weight excluding hydrogens is 903 g/mol. The first-order chi connectivity index (χ1) is 36.2. The second-order valence-electron chi connectivity index (χ2n) is 19.1. The number of fused-ring (bicyclic) bond motifs is 10. The van der Waals surface area contributed by atoms with Crippen LogP contribution in [-0.2, 0) is 0 Å². The van der Waals surface area contributed by atoms with Crippen molar-refractivity contribution in [1.29, 1.82) is 0 Å². The van der Waals surface area contributed by atoms with Crippen molar-refractivity contribution >= 4 is 105 Å². The summed E-state index contributed by atoms with van der Waals surface area (Å²) in [6, 6.07) is 100. The van der Waals surface area contributed by atoms with Gasteiger partial charge in [0.15, 0.2) is 8.07 Å². The van der Waals surface area contributed by atoms with E-state index >= 15 is 0 Å². The average Bonchev–Trinajstić information content (AvgIpc) is 4.20. The molecule has 5 nitrogen and oxygen atoms in total. The molecule has 0 N–H and O–H groups in total. The molecule has 15 rings (SSSR count). The molecule has 4 aromatic heterocycles. The van der Waals surface area contributed by atoms with Gasteiger partial charge in [0.25, 0.3) is 0 Å². The Morgan fingerprint density at radius 3 is 1.16 bits per heavy atom. The number of nitrogens with zero attached hydrogens (tertiary/aromatic N) is 5. The molecule has 0 saturated carbocycles. The first kappa shape index (κ1) is 41.3. The van der Waals surface area contributed by atoms with Crippen molar-refractivity contribution in [3.8, 4) is 23.0 Å². The van der Waals surface area contributed by atoms with Crippen LogP contribution < -0.4 is 20.7 Å². The van der Waals surface area contributed by atoms with Crippen molar-refractivity contribution in [2.24, 2.45) is 0 Å². The fourth-order valence-electron chi connectivity index (χ4n) is 12.3. The van der Waals surface area contributed by atoms with Crippen molar-refractivity contribution in [2.75, 3.05) is 0 Å². The van der Waals surface area contributed by atoms with Crippen LogP contribution in [0, 0.1) is 0 Å². The van der Waals surface area contributed by atoms with Gasteiger partial charge in [-0.15, -0.1) is 0 Å². The van der Waals surface area contributed by atoms with Crippen molar-refractivity contribution in [3.63, 3.8) is 0 Å². The van der Waals surface area contributed by atoms with Crippen LogP contribution in [0.1, 0.15) is 0 Å². The summed E-state index contributed by atoms with van der Waals surface area (Å²) in [7, 11) is -2.81. The van der Waals surface area contributed by atoms with Crippen LogP contribution in [0.2, 0.25) is 0 Å². The summed E-state index contributed by atoms with van der Waals surface area (Å²) in [5.74, 6) is 0.841. The minimum Gasteiger partial charge on any atom is -0.309 e. The first-order valence-corrected chi connectivity index (χ1v) is 27.0. The number of benzene rings is 11. The molecule has 342 valence electrons. The fourth-order valence-corrected chi connectivity index (χ4v) is 17.0. The molecule has 0 aliphatic carbocycles. The van der Waals surface area contributed by atoms with Crippen molar-refractivity contribution in [2.45, 2.75) is 0 Å². The van der Waals surface area contributed by atoms with Crippen LogP contribution in [0.4, 0.5) is 0 Å². The minimum atomic E-state index is -2.81. The van der Waals surface area contributed by atoms with Crippen LogP contribution in [0.5, 0.6) is 0 Å². The van der Waals surface area contributed by atoms with Crippen LogP contribution >= 0.6 is 0 Å². The van der Waals surface area contributed by atoms with E-state index in [9.17, 15) is 0 Å². The summed E-state index contributed by atoms with van der Waals surface area (Å²) in [6.45, 7) is 0. The lowest BCUT2D eigenvalue weighted by molar-refractivity contribution is 0.953. The van der Waals surface area contributed by atoms with Gasteiger partial charge in [0, 0.05) is 43.7 Å². The van der Waals surface area contributed by atoms with Gasteiger partial charge in [-0.05, 0) is 99.6 Å². The summed E-state index contributed by atoms with van der Waals surface area (Å²) >= 11 is 0. The molecule has 0 unspecified atom stereocenters. The highest BCUT2D eigenvalue weighted by molar-refractivity contribution is 7.20. The highest BCUT2D eigenvalue weighted by Crippen LogP contribution is 2.39. The Morgan fingerprint density at radius 2 is 0.616 bits per heavy atom. The number of hydrogen-bond donors (Lipinski definition) is 0. The summed E-state index contributed by atoms with van der Waals surface area (Å²) in [5, 5.41) is 12.7. The molecule has 15 aromatic rings. The Bertz CT molecular complexity index is 4470. The molecule has 0 spiro atoms. The number of aromatic nitrogens is 5. The van der Waals surface area contributed by atoms with Gasteiger partial charge in [-0.1, -0.05) is 194 Å². The third-order valence-corrected chi connectivity index (χ3v) is 20.1. The van der Waals surface area contributed by atoms with Crippen LogP contribution in [0.3, 0.4) is 0 Å². The van der Waals surface area contributed by atoms with Crippen molar-refractivity contribution in [1.82, 2.24) is 23.3 Å². The largest absolute Gasteiger partial charge is 0.309 e. The van der Waals surface area contributed by atoms with Crippen molar-refractivity contribution < 1.29 is 0 Å². The predicted molar refractivity (Wildman–Crippen MR) is 308 cm³/mol. The van der Waals surface area contributed by atoms with Gasteiger partial charge in [0.1, 0.15) is 0 Å². The number of rotatable bonds is 8. The predicted octanol–water partition coefficient (Wildman–Crippen LogP) is 13.7. The Morgan fingerprint density at radius 1 is 0.233 bits per heavy atom. The van der Waals surface area contributed by atoms with Crippen LogP contribution in [0.15, 0.2) is 273 Å². The molecule has 11 aromatic carbocycles. The van der Waals surface area contributed by atoms with E-state index in [2.05, 4.69) is 291 Å². The van der Waals surface area contributed by atoms with E-state index in [-0.39, 0.29) is 0 Å². The SMILES string of the molecule is c1ccc([Si](c2ccccc2)(c2ccccc2)c2ccc3c(c2)c2ccccc2n3-c2nc3ccccc3n2-c2cccc(-n3c4ccccc4c4cc(-n5c6ccccc6c6ccccc65)ccc43)c2)cc1. The Labute approximate surface area is 422 Å². The van der Waals surface area contributed by atoms with Gasteiger partial charge < -0.3 is 9.13 Å². The van der Waals surface area contributed by atoms with Crippen LogP contribution in [-0.4, -0.2) is 31.3 Å². The van der Waals surface area contributed by atoms with E-state index in [1.807, 2.05) is 0 Å². The van der Waals surface area contributed by atoms with E-state index in [4.69, 9.17) is 4.98 Å². The summed E-state index contributed by atoms with van der Waals surface area (Å²) < 4.78 is 9.57. The highest BCUT2D eigenvalue weighted by atomic mass is 28.3. The lowest BCUT2D eigenvalue weighted by atomic mass is 10.1. The monoisotopic (exact) mass is 947 g/mol. The molecule has 0 aliphatic rings. The fraction of sp³-hybridized carbons (Fsp3) is 0. The smallest absolute Gasteiger partial charge is 0.220 e. The normalized spacial score (nSPS) is 12.1. The number of hydrogen-bond acceptors (Lipinski definition) is 1. The number of para-hydroxylation sites is 6. The molecule has 73 heavy (non-hydrogen) atoms. The van der Waals surface area contributed by atoms with E-state index in [1.165, 1.54) is 64.1 Å². The zero-order valence-corrected chi connectivity index (χ0v) is 40.7. The molecule has 0 saturated heterocycles. The molecular formula is C67H45N5Si. The third-order valence-electron chi connectivity index (χ3n) is 15.3. The Kier molecular flexibility index (Phi) is 9.21. The van der Waals surface area contributed by atoms with Gasteiger partial charge >= 0.3 is 0 Å². The van der Waals surface area contributed by atoms with Gasteiger partial charge in [-0.25, -0.2) is 4.98 Å². The maximum Gasteiger partial charge on any atom is 0.220 e. The van der Waals surface area contributed by atoms with Gasteiger partial charge in [-0.3, -0.25) is 9.13 Å². The lowest BCUT2D eigenvalue weighted by Crippen LogP contribution is -2.74. The molecule has 0 bridgehead atoms.